The van der Waals surface area contributed by atoms with Crippen molar-refractivity contribution in [2.45, 2.75) is 6.92 Å². The highest BCUT2D eigenvalue weighted by Gasteiger charge is 2.11. The molecular weight excluding hydrogens is 284 g/mol. The zero-order valence-corrected chi connectivity index (χ0v) is 12.1. The van der Waals surface area contributed by atoms with Gasteiger partial charge in [0.05, 0.1) is 0 Å². The van der Waals surface area contributed by atoms with E-state index in [1.807, 2.05) is 36.4 Å². The molecule has 0 aliphatic carbocycles. The van der Waals surface area contributed by atoms with Crippen LogP contribution in [-0.2, 0) is 0 Å². The van der Waals surface area contributed by atoms with Gasteiger partial charge in [-0.2, -0.15) is 0 Å². The number of nitrogens with zero attached hydrogens (tertiary/aromatic N) is 1. The first-order valence-electron chi connectivity index (χ1n) is 6.40. The fraction of sp³-hybridized carbons (Fsp3) is 0.0625. The van der Waals surface area contributed by atoms with Crippen LogP contribution in [0.25, 0.3) is 10.8 Å². The summed E-state index contributed by atoms with van der Waals surface area (Å²) in [6.45, 7) is 1.45. The Balaban J connectivity index is 1.84. The van der Waals surface area contributed by atoms with Crippen molar-refractivity contribution in [1.82, 2.24) is 4.98 Å². The van der Waals surface area contributed by atoms with Crippen LogP contribution >= 0.6 is 11.3 Å². The van der Waals surface area contributed by atoms with Crippen LogP contribution in [0.15, 0.2) is 47.8 Å². The quantitative estimate of drug-likeness (QED) is 0.749. The van der Waals surface area contributed by atoms with E-state index in [0.717, 1.165) is 10.8 Å². The fourth-order valence-electron chi connectivity index (χ4n) is 1.99. The lowest BCUT2D eigenvalue weighted by Crippen LogP contribution is -2.11. The molecule has 104 valence electrons. The summed E-state index contributed by atoms with van der Waals surface area (Å²) in [4.78, 5) is 27.5. The van der Waals surface area contributed by atoms with E-state index in [0.29, 0.717) is 16.4 Å². The summed E-state index contributed by atoms with van der Waals surface area (Å²) in [5.74, 6) is -0.345. The highest BCUT2D eigenvalue weighted by Crippen LogP contribution is 2.19. The van der Waals surface area contributed by atoms with Crippen molar-refractivity contribution in [3.8, 4) is 0 Å². The molecule has 0 radical (unpaired) electrons. The van der Waals surface area contributed by atoms with Gasteiger partial charge in [-0.3, -0.25) is 14.9 Å². The molecule has 0 bridgehead atoms. The molecule has 0 fully saturated rings. The second kappa shape index (κ2) is 5.46. The maximum Gasteiger partial charge on any atom is 0.257 e. The maximum absolute atomic E-state index is 12.2. The number of anilines is 1. The third-order valence-electron chi connectivity index (χ3n) is 3.10. The van der Waals surface area contributed by atoms with Crippen LogP contribution in [-0.4, -0.2) is 16.7 Å². The van der Waals surface area contributed by atoms with E-state index in [1.54, 1.807) is 11.4 Å². The molecule has 1 amide bonds. The van der Waals surface area contributed by atoms with Crippen molar-refractivity contribution >= 4 is 38.9 Å². The van der Waals surface area contributed by atoms with Gasteiger partial charge in [-0.25, -0.2) is 4.98 Å². The predicted octanol–water partition coefficient (Wildman–Crippen LogP) is 3.75. The maximum atomic E-state index is 12.2. The molecule has 0 atom stereocenters. The van der Waals surface area contributed by atoms with Gasteiger partial charge in [0.25, 0.3) is 5.91 Å². The number of hydrogen-bond donors (Lipinski definition) is 1. The SMILES string of the molecule is CC(=O)c1csc(NC(=O)c2ccc3ccccc3c2)n1. The average Bonchev–Trinajstić information content (AvgIpc) is 2.95. The molecule has 0 spiro atoms. The van der Waals surface area contributed by atoms with Crippen LogP contribution in [0.1, 0.15) is 27.8 Å². The number of thiazole rings is 1. The van der Waals surface area contributed by atoms with Crippen molar-refractivity contribution < 1.29 is 9.59 Å². The summed E-state index contributed by atoms with van der Waals surface area (Å²) in [7, 11) is 0. The molecule has 3 aromatic rings. The van der Waals surface area contributed by atoms with Gasteiger partial charge in [0.2, 0.25) is 0 Å². The van der Waals surface area contributed by atoms with E-state index in [9.17, 15) is 9.59 Å². The average molecular weight is 296 g/mol. The molecule has 0 aliphatic heterocycles. The third kappa shape index (κ3) is 2.83. The number of benzene rings is 2. The van der Waals surface area contributed by atoms with Gasteiger partial charge in [-0.05, 0) is 22.9 Å². The summed E-state index contributed by atoms with van der Waals surface area (Å²) in [6.07, 6.45) is 0. The predicted molar refractivity (Wildman–Crippen MR) is 84.0 cm³/mol. The van der Waals surface area contributed by atoms with E-state index in [2.05, 4.69) is 10.3 Å². The molecule has 1 N–H and O–H groups in total. The smallest absolute Gasteiger partial charge is 0.257 e. The normalized spacial score (nSPS) is 10.5. The Morgan fingerprint density at radius 1 is 1.10 bits per heavy atom. The number of hydrogen-bond acceptors (Lipinski definition) is 4. The van der Waals surface area contributed by atoms with Crippen molar-refractivity contribution in [2.75, 3.05) is 5.32 Å². The highest BCUT2D eigenvalue weighted by molar-refractivity contribution is 7.14. The number of nitrogens with one attached hydrogen (secondary N) is 1. The Hall–Kier alpha value is -2.53. The van der Waals surface area contributed by atoms with Gasteiger partial charge in [0.1, 0.15) is 5.69 Å². The lowest BCUT2D eigenvalue weighted by atomic mass is 10.1. The molecule has 3 rings (SSSR count). The number of carbonyl (C=O) groups excluding carboxylic acids is 2. The molecular formula is C16H12N2O2S. The van der Waals surface area contributed by atoms with Crippen LogP contribution in [0.5, 0.6) is 0 Å². The molecule has 0 unspecified atom stereocenters. The van der Waals surface area contributed by atoms with E-state index in [1.165, 1.54) is 18.3 Å². The summed E-state index contributed by atoms with van der Waals surface area (Å²) in [5.41, 5.74) is 0.932. The topological polar surface area (TPSA) is 59.1 Å². The number of ketones is 1. The number of rotatable bonds is 3. The van der Waals surface area contributed by atoms with Gasteiger partial charge in [0.15, 0.2) is 10.9 Å². The third-order valence-corrected chi connectivity index (χ3v) is 3.85. The summed E-state index contributed by atoms with van der Waals surface area (Å²) in [5, 5.41) is 6.87. The molecule has 0 saturated heterocycles. The number of amides is 1. The van der Waals surface area contributed by atoms with Gasteiger partial charge >= 0.3 is 0 Å². The van der Waals surface area contributed by atoms with Gasteiger partial charge in [0, 0.05) is 17.9 Å². The monoisotopic (exact) mass is 296 g/mol. The number of Topliss-reactive ketones (excluding diaryl/α,β-unsaturated/α-hetero) is 1. The second-order valence-electron chi connectivity index (χ2n) is 4.61. The van der Waals surface area contributed by atoms with E-state index >= 15 is 0 Å². The largest absolute Gasteiger partial charge is 0.298 e. The first-order chi connectivity index (χ1) is 10.1. The first-order valence-corrected chi connectivity index (χ1v) is 7.28. The van der Waals surface area contributed by atoms with Crippen LogP contribution < -0.4 is 5.32 Å². The Labute approximate surface area is 125 Å². The molecule has 2 aromatic carbocycles. The number of carbonyl (C=O) groups is 2. The molecule has 0 aliphatic rings. The lowest BCUT2D eigenvalue weighted by molar-refractivity contribution is 0.100. The van der Waals surface area contributed by atoms with Crippen LogP contribution in [0.4, 0.5) is 5.13 Å². The van der Waals surface area contributed by atoms with E-state index in [-0.39, 0.29) is 11.7 Å². The Morgan fingerprint density at radius 2 is 1.86 bits per heavy atom. The van der Waals surface area contributed by atoms with Gasteiger partial charge < -0.3 is 0 Å². The summed E-state index contributed by atoms with van der Waals surface area (Å²) >= 11 is 1.24. The molecule has 1 heterocycles. The standard InChI is InChI=1S/C16H12N2O2S/c1-10(19)14-9-21-16(17-14)18-15(20)13-7-6-11-4-2-3-5-12(11)8-13/h2-9H,1H3,(H,17,18,20). The molecule has 0 saturated carbocycles. The Kier molecular flexibility index (Phi) is 3.50. The lowest BCUT2D eigenvalue weighted by Gasteiger charge is -2.03. The highest BCUT2D eigenvalue weighted by atomic mass is 32.1. The molecule has 4 nitrogen and oxygen atoms in total. The fourth-order valence-corrected chi connectivity index (χ4v) is 2.74. The molecule has 21 heavy (non-hydrogen) atoms. The van der Waals surface area contributed by atoms with Gasteiger partial charge in [-0.1, -0.05) is 30.3 Å². The minimum atomic E-state index is -0.231. The van der Waals surface area contributed by atoms with Crippen LogP contribution in [0.3, 0.4) is 0 Å². The molecule has 5 heteroatoms. The Bertz CT molecular complexity index is 839. The Morgan fingerprint density at radius 3 is 2.57 bits per heavy atom. The van der Waals surface area contributed by atoms with E-state index < -0.39 is 0 Å². The van der Waals surface area contributed by atoms with Crippen molar-refractivity contribution in [3.63, 3.8) is 0 Å². The van der Waals surface area contributed by atoms with Crippen LogP contribution in [0, 0.1) is 0 Å². The zero-order valence-electron chi connectivity index (χ0n) is 11.3. The summed E-state index contributed by atoms with van der Waals surface area (Å²) < 4.78 is 0. The van der Waals surface area contributed by atoms with Crippen molar-refractivity contribution in [1.29, 1.82) is 0 Å². The number of aromatic nitrogens is 1. The van der Waals surface area contributed by atoms with Crippen molar-refractivity contribution in [3.05, 3.63) is 59.1 Å². The molecule has 1 aromatic heterocycles. The zero-order chi connectivity index (χ0) is 14.8. The van der Waals surface area contributed by atoms with Crippen LogP contribution in [0.2, 0.25) is 0 Å². The number of fused-ring (bicyclic) bond motifs is 1. The summed E-state index contributed by atoms with van der Waals surface area (Å²) in [6, 6.07) is 13.4. The minimum Gasteiger partial charge on any atom is -0.298 e. The van der Waals surface area contributed by atoms with Gasteiger partial charge in [-0.15, -0.1) is 11.3 Å². The minimum absolute atomic E-state index is 0.113. The first kappa shape index (κ1) is 13.5. The van der Waals surface area contributed by atoms with E-state index in [4.69, 9.17) is 0 Å². The second-order valence-corrected chi connectivity index (χ2v) is 5.47. The van der Waals surface area contributed by atoms with Crippen molar-refractivity contribution in [2.24, 2.45) is 0 Å².